The standard InChI is InChI=1S/C18H21N3O2/c1-11(2)8-15-18(23)21(3)16(17(22)20-15)9-12-10-19-14-7-5-4-6-13(12)14/h4-7,9-11,15,19H,8H2,1-3H3,(H,20,22)/b16-9+/t15-/m0/s1. The number of aromatic nitrogens is 1. The SMILES string of the molecule is CC(C)C[C@@H]1NC(=O)/C(=C\c2c[nH]c3ccccc23)N(C)C1=O. The van der Waals surface area contributed by atoms with E-state index in [1.54, 1.807) is 13.1 Å². The number of aromatic amines is 1. The number of piperazine rings is 1. The van der Waals surface area contributed by atoms with Gasteiger partial charge in [-0.15, -0.1) is 0 Å². The van der Waals surface area contributed by atoms with Crippen molar-refractivity contribution in [3.63, 3.8) is 0 Å². The van der Waals surface area contributed by atoms with Crippen molar-refractivity contribution >= 4 is 28.8 Å². The predicted molar refractivity (Wildman–Crippen MR) is 90.4 cm³/mol. The van der Waals surface area contributed by atoms with Crippen molar-refractivity contribution in [1.82, 2.24) is 15.2 Å². The number of fused-ring (bicyclic) bond motifs is 1. The van der Waals surface area contributed by atoms with E-state index in [4.69, 9.17) is 0 Å². The number of likely N-dealkylation sites (N-methyl/N-ethyl adjacent to an activating group) is 1. The van der Waals surface area contributed by atoms with E-state index in [0.29, 0.717) is 18.0 Å². The fraction of sp³-hybridized carbons (Fsp3) is 0.333. The largest absolute Gasteiger partial charge is 0.361 e. The second kappa shape index (κ2) is 5.91. The van der Waals surface area contributed by atoms with Crippen molar-refractivity contribution in [3.05, 3.63) is 41.7 Å². The molecule has 23 heavy (non-hydrogen) atoms. The third kappa shape index (κ3) is 2.86. The van der Waals surface area contributed by atoms with Gasteiger partial charge in [-0.25, -0.2) is 0 Å². The molecule has 2 N–H and O–H groups in total. The second-order valence-electron chi connectivity index (χ2n) is 6.37. The monoisotopic (exact) mass is 311 g/mol. The summed E-state index contributed by atoms with van der Waals surface area (Å²) in [5, 5.41) is 3.86. The van der Waals surface area contributed by atoms with Gasteiger partial charge < -0.3 is 15.2 Å². The molecule has 1 fully saturated rings. The third-order valence-corrected chi connectivity index (χ3v) is 4.15. The van der Waals surface area contributed by atoms with Crippen LogP contribution < -0.4 is 5.32 Å². The van der Waals surface area contributed by atoms with Gasteiger partial charge in [-0.3, -0.25) is 9.59 Å². The minimum absolute atomic E-state index is 0.0654. The summed E-state index contributed by atoms with van der Waals surface area (Å²) in [4.78, 5) is 29.5. The van der Waals surface area contributed by atoms with Crippen molar-refractivity contribution in [1.29, 1.82) is 0 Å². The summed E-state index contributed by atoms with van der Waals surface area (Å²) in [6.07, 6.45) is 4.26. The maximum atomic E-state index is 12.5. The summed E-state index contributed by atoms with van der Waals surface area (Å²) < 4.78 is 0. The minimum atomic E-state index is -0.437. The van der Waals surface area contributed by atoms with Gasteiger partial charge in [-0.1, -0.05) is 32.0 Å². The molecule has 1 aliphatic rings. The van der Waals surface area contributed by atoms with Crippen LogP contribution in [0, 0.1) is 5.92 Å². The van der Waals surface area contributed by atoms with Crippen LogP contribution in [0.2, 0.25) is 0 Å². The zero-order valence-corrected chi connectivity index (χ0v) is 13.6. The Morgan fingerprint density at radius 2 is 2.00 bits per heavy atom. The average molecular weight is 311 g/mol. The number of carbonyl (C=O) groups excluding carboxylic acids is 2. The van der Waals surface area contributed by atoms with Crippen molar-refractivity contribution in [2.24, 2.45) is 5.92 Å². The van der Waals surface area contributed by atoms with Gasteiger partial charge in [0.05, 0.1) is 0 Å². The maximum Gasteiger partial charge on any atom is 0.268 e. The average Bonchev–Trinajstić information content (AvgIpc) is 2.92. The summed E-state index contributed by atoms with van der Waals surface area (Å²) in [5.74, 6) is 0.0734. The van der Waals surface area contributed by atoms with Gasteiger partial charge in [0.2, 0.25) is 5.91 Å². The van der Waals surface area contributed by atoms with E-state index in [9.17, 15) is 9.59 Å². The van der Waals surface area contributed by atoms with Gasteiger partial charge >= 0.3 is 0 Å². The highest BCUT2D eigenvalue weighted by atomic mass is 16.2. The van der Waals surface area contributed by atoms with Gasteiger partial charge in [-0.2, -0.15) is 0 Å². The van der Waals surface area contributed by atoms with Crippen LogP contribution in [0.25, 0.3) is 17.0 Å². The molecule has 1 saturated heterocycles. The molecule has 0 radical (unpaired) electrons. The normalized spacial score (nSPS) is 20.6. The number of benzene rings is 1. The summed E-state index contributed by atoms with van der Waals surface area (Å²) in [6.45, 7) is 4.08. The molecule has 2 heterocycles. The first-order valence-corrected chi connectivity index (χ1v) is 7.83. The molecule has 5 nitrogen and oxygen atoms in total. The lowest BCUT2D eigenvalue weighted by molar-refractivity contribution is -0.139. The van der Waals surface area contributed by atoms with Crippen LogP contribution in [0.15, 0.2) is 36.2 Å². The van der Waals surface area contributed by atoms with E-state index < -0.39 is 6.04 Å². The van der Waals surface area contributed by atoms with Crippen LogP contribution in [0.4, 0.5) is 0 Å². The molecule has 1 aromatic heterocycles. The molecule has 1 aliphatic heterocycles. The van der Waals surface area contributed by atoms with Crippen LogP contribution in [-0.4, -0.2) is 34.8 Å². The van der Waals surface area contributed by atoms with E-state index in [2.05, 4.69) is 10.3 Å². The highest BCUT2D eigenvalue weighted by Gasteiger charge is 2.34. The lowest BCUT2D eigenvalue weighted by Crippen LogP contribution is -2.55. The van der Waals surface area contributed by atoms with E-state index in [0.717, 1.165) is 16.5 Å². The van der Waals surface area contributed by atoms with Crippen LogP contribution >= 0.6 is 0 Å². The first-order chi connectivity index (χ1) is 11.0. The number of rotatable bonds is 3. The quantitative estimate of drug-likeness (QED) is 0.855. The Morgan fingerprint density at radius 1 is 1.26 bits per heavy atom. The van der Waals surface area contributed by atoms with Crippen molar-refractivity contribution < 1.29 is 9.59 Å². The first kappa shape index (κ1) is 15.3. The molecular weight excluding hydrogens is 290 g/mol. The lowest BCUT2D eigenvalue weighted by Gasteiger charge is -2.32. The third-order valence-electron chi connectivity index (χ3n) is 4.15. The van der Waals surface area contributed by atoms with E-state index in [1.165, 1.54) is 4.90 Å². The Kier molecular flexibility index (Phi) is 3.94. The number of carbonyl (C=O) groups is 2. The summed E-state index contributed by atoms with van der Waals surface area (Å²) in [5.41, 5.74) is 2.27. The van der Waals surface area contributed by atoms with Crippen LogP contribution in [0.1, 0.15) is 25.8 Å². The number of hydrogen-bond donors (Lipinski definition) is 2. The predicted octanol–water partition coefficient (Wildman–Crippen LogP) is 2.51. The molecule has 2 amide bonds. The van der Waals surface area contributed by atoms with Crippen molar-refractivity contribution in [2.75, 3.05) is 7.05 Å². The Hall–Kier alpha value is -2.56. The van der Waals surface area contributed by atoms with Gasteiger partial charge in [0.1, 0.15) is 11.7 Å². The zero-order valence-electron chi connectivity index (χ0n) is 13.6. The molecular formula is C18H21N3O2. The van der Waals surface area contributed by atoms with Crippen LogP contribution in [-0.2, 0) is 9.59 Å². The topological polar surface area (TPSA) is 65.2 Å². The van der Waals surface area contributed by atoms with Gasteiger partial charge in [-0.05, 0) is 24.5 Å². The molecule has 0 aliphatic carbocycles. The van der Waals surface area contributed by atoms with E-state index in [-0.39, 0.29) is 11.8 Å². The Labute approximate surface area is 135 Å². The van der Waals surface area contributed by atoms with Crippen LogP contribution in [0.5, 0.6) is 0 Å². The molecule has 5 heteroatoms. The summed E-state index contributed by atoms with van der Waals surface area (Å²) >= 11 is 0. The Morgan fingerprint density at radius 3 is 2.74 bits per heavy atom. The molecule has 1 aromatic carbocycles. The summed E-state index contributed by atoms with van der Waals surface area (Å²) in [7, 11) is 1.66. The lowest BCUT2D eigenvalue weighted by atomic mass is 10.00. The minimum Gasteiger partial charge on any atom is -0.361 e. The molecule has 0 saturated carbocycles. The second-order valence-corrected chi connectivity index (χ2v) is 6.37. The number of nitrogens with one attached hydrogen (secondary N) is 2. The van der Waals surface area contributed by atoms with Crippen LogP contribution in [0.3, 0.4) is 0 Å². The van der Waals surface area contributed by atoms with Gasteiger partial charge in [0.15, 0.2) is 0 Å². The highest BCUT2D eigenvalue weighted by Crippen LogP contribution is 2.23. The number of amides is 2. The summed E-state index contributed by atoms with van der Waals surface area (Å²) in [6, 6.07) is 7.43. The van der Waals surface area contributed by atoms with Gasteiger partial charge in [0.25, 0.3) is 5.91 Å². The fourth-order valence-electron chi connectivity index (χ4n) is 2.95. The molecule has 2 aromatic rings. The molecule has 0 spiro atoms. The van der Waals surface area contributed by atoms with E-state index in [1.807, 2.05) is 44.3 Å². The smallest absolute Gasteiger partial charge is 0.268 e. The number of nitrogens with zero attached hydrogens (tertiary/aromatic N) is 1. The Bertz CT molecular complexity index is 788. The maximum absolute atomic E-state index is 12.5. The highest BCUT2D eigenvalue weighted by molar-refractivity contribution is 6.08. The number of H-pyrrole nitrogens is 1. The number of para-hydroxylation sites is 1. The number of hydrogen-bond acceptors (Lipinski definition) is 2. The van der Waals surface area contributed by atoms with E-state index >= 15 is 0 Å². The first-order valence-electron chi connectivity index (χ1n) is 7.83. The zero-order chi connectivity index (χ0) is 16.6. The van der Waals surface area contributed by atoms with Crippen molar-refractivity contribution in [3.8, 4) is 0 Å². The fourth-order valence-corrected chi connectivity index (χ4v) is 2.95. The molecule has 0 unspecified atom stereocenters. The molecule has 0 bridgehead atoms. The van der Waals surface area contributed by atoms with Gasteiger partial charge in [0, 0.05) is 29.7 Å². The molecule has 1 atom stereocenters. The molecule has 120 valence electrons. The Balaban J connectivity index is 1.94. The molecule has 3 rings (SSSR count). The van der Waals surface area contributed by atoms with Crippen molar-refractivity contribution in [2.45, 2.75) is 26.3 Å².